The lowest BCUT2D eigenvalue weighted by atomic mass is 10.2. The second-order valence-corrected chi connectivity index (χ2v) is 6.49. The van der Waals surface area contributed by atoms with Gasteiger partial charge in [-0.15, -0.1) is 0 Å². The number of aromatic amines is 1. The number of rotatable bonds is 6. The van der Waals surface area contributed by atoms with E-state index in [2.05, 4.69) is 20.5 Å². The van der Waals surface area contributed by atoms with Crippen LogP contribution in [-0.4, -0.2) is 36.0 Å². The molecule has 0 fully saturated rings. The first-order valence-corrected chi connectivity index (χ1v) is 8.78. The smallest absolute Gasteiger partial charge is 0.329 e. The number of aryl methyl sites for hydroxylation is 1. The molecule has 1 aromatic carbocycles. The fourth-order valence-electron chi connectivity index (χ4n) is 2.72. The summed E-state index contributed by atoms with van der Waals surface area (Å²) in [6, 6.07) is 9.80. The third-order valence-corrected chi connectivity index (χ3v) is 4.10. The van der Waals surface area contributed by atoms with Gasteiger partial charge in [-0.25, -0.2) is 10.2 Å². The van der Waals surface area contributed by atoms with Gasteiger partial charge < -0.3 is 9.67 Å². The van der Waals surface area contributed by atoms with E-state index in [1.807, 2.05) is 49.4 Å². The summed E-state index contributed by atoms with van der Waals surface area (Å²) in [5.74, 6) is 0.259. The lowest BCUT2D eigenvalue weighted by Crippen LogP contribution is -2.29. The molecule has 3 N–H and O–H groups in total. The molecule has 28 heavy (non-hydrogen) atoms. The van der Waals surface area contributed by atoms with Crippen LogP contribution in [-0.2, 0) is 13.6 Å². The van der Waals surface area contributed by atoms with Gasteiger partial charge >= 0.3 is 5.69 Å². The second-order valence-electron chi connectivity index (χ2n) is 6.49. The summed E-state index contributed by atoms with van der Waals surface area (Å²) < 4.78 is 2.75. The number of anilines is 1. The highest BCUT2D eigenvalue weighted by atomic mass is 16.3. The Morgan fingerprint density at radius 1 is 1.36 bits per heavy atom. The van der Waals surface area contributed by atoms with Gasteiger partial charge in [0.2, 0.25) is 5.95 Å². The molecule has 146 valence electrons. The number of imidazole rings is 1. The highest BCUT2D eigenvalue weighted by Gasteiger charge is 2.18. The van der Waals surface area contributed by atoms with Gasteiger partial charge in [0, 0.05) is 7.05 Å². The van der Waals surface area contributed by atoms with Crippen molar-refractivity contribution in [3.63, 3.8) is 0 Å². The van der Waals surface area contributed by atoms with E-state index >= 15 is 0 Å². The van der Waals surface area contributed by atoms with Crippen LogP contribution in [0.15, 0.2) is 51.1 Å². The van der Waals surface area contributed by atoms with Gasteiger partial charge in [0.25, 0.3) is 5.56 Å². The first kappa shape index (κ1) is 19.3. The average molecular weight is 382 g/mol. The summed E-state index contributed by atoms with van der Waals surface area (Å²) in [4.78, 5) is 30.7. The number of nitrogens with one attached hydrogen (secondary N) is 2. The molecule has 0 aliphatic rings. The highest BCUT2D eigenvalue weighted by Crippen LogP contribution is 2.16. The molecule has 3 rings (SSSR count). The van der Waals surface area contributed by atoms with Crippen molar-refractivity contribution in [3.05, 3.63) is 62.8 Å². The number of allylic oxidation sites excluding steroid dienone is 1. The summed E-state index contributed by atoms with van der Waals surface area (Å²) in [5.41, 5.74) is 3.83. The Morgan fingerprint density at radius 3 is 2.75 bits per heavy atom. The first-order chi connectivity index (χ1) is 13.4. The van der Waals surface area contributed by atoms with Crippen LogP contribution in [0.4, 0.5) is 5.95 Å². The number of aliphatic hydroxyl groups is 1. The van der Waals surface area contributed by atoms with Crippen LogP contribution in [0.3, 0.4) is 0 Å². The minimum atomic E-state index is -0.724. The predicted octanol–water partition coefficient (Wildman–Crippen LogP) is 1.31. The summed E-state index contributed by atoms with van der Waals surface area (Å²) in [7, 11) is 1.52. The topological polar surface area (TPSA) is 117 Å². The van der Waals surface area contributed by atoms with Gasteiger partial charge in [-0.3, -0.25) is 14.3 Å². The minimum Gasteiger partial charge on any atom is -0.392 e. The van der Waals surface area contributed by atoms with E-state index in [0.717, 1.165) is 5.56 Å². The van der Waals surface area contributed by atoms with Crippen LogP contribution < -0.4 is 16.7 Å². The number of hydrogen-bond acceptors (Lipinski definition) is 6. The molecule has 9 heteroatoms. The minimum absolute atomic E-state index is 0.120. The van der Waals surface area contributed by atoms with Gasteiger partial charge in [-0.2, -0.15) is 10.1 Å². The largest absolute Gasteiger partial charge is 0.392 e. The fraction of sp³-hybridized carbons (Fsp3) is 0.263. The number of H-pyrrole nitrogens is 1. The quantitative estimate of drug-likeness (QED) is 0.439. The van der Waals surface area contributed by atoms with Gasteiger partial charge in [-0.05, 0) is 25.5 Å². The number of hydrogen-bond donors (Lipinski definition) is 3. The van der Waals surface area contributed by atoms with Gasteiger partial charge in [0.1, 0.15) is 0 Å². The SMILES string of the molecule is CC(/C=C/c1ccccc1)=N/Nc1nc2c(c(=O)[nH]c(=O)n2C)n1C[C@@H](C)O. The van der Waals surface area contributed by atoms with E-state index in [1.165, 1.54) is 16.2 Å². The Morgan fingerprint density at radius 2 is 2.07 bits per heavy atom. The van der Waals surface area contributed by atoms with Crippen molar-refractivity contribution in [1.29, 1.82) is 0 Å². The predicted molar refractivity (Wildman–Crippen MR) is 109 cm³/mol. The molecule has 0 aliphatic heterocycles. The first-order valence-electron chi connectivity index (χ1n) is 8.78. The van der Waals surface area contributed by atoms with Crippen LogP contribution >= 0.6 is 0 Å². The molecular formula is C19H22N6O3. The van der Waals surface area contributed by atoms with E-state index < -0.39 is 17.4 Å². The molecule has 0 spiro atoms. The summed E-state index contributed by atoms with van der Waals surface area (Å²) in [6.07, 6.45) is 3.04. The average Bonchev–Trinajstić information content (AvgIpc) is 3.02. The molecule has 0 unspecified atom stereocenters. The summed E-state index contributed by atoms with van der Waals surface area (Å²) >= 11 is 0. The lowest BCUT2D eigenvalue weighted by molar-refractivity contribution is 0.175. The fourth-order valence-corrected chi connectivity index (χ4v) is 2.72. The number of hydrazone groups is 1. The molecule has 2 heterocycles. The molecule has 1 atom stereocenters. The summed E-state index contributed by atoms with van der Waals surface area (Å²) in [6.45, 7) is 3.54. The number of benzene rings is 1. The van der Waals surface area contributed by atoms with Gasteiger partial charge in [-0.1, -0.05) is 36.4 Å². The number of aliphatic hydroxyl groups excluding tert-OH is 1. The maximum Gasteiger partial charge on any atom is 0.329 e. The van der Waals surface area contributed by atoms with Gasteiger partial charge in [0.15, 0.2) is 11.2 Å². The zero-order valence-electron chi connectivity index (χ0n) is 15.9. The number of nitrogens with zero attached hydrogens (tertiary/aromatic N) is 4. The third kappa shape index (κ3) is 4.09. The van der Waals surface area contributed by atoms with E-state index in [-0.39, 0.29) is 23.7 Å². The standard InChI is InChI=1S/C19H22N6O3/c1-12(9-10-14-7-5-4-6-8-14)22-23-18-20-16-15(25(18)11-13(2)26)17(27)21-19(28)24(16)3/h4-10,13,26H,11H2,1-3H3,(H,20,23)(H,21,27,28)/b10-9+,22-12-/t13-/m1/s1. The maximum atomic E-state index is 12.3. The molecule has 9 nitrogen and oxygen atoms in total. The Balaban J connectivity index is 1.97. The summed E-state index contributed by atoms with van der Waals surface area (Å²) in [5, 5.41) is 14.1. The Kier molecular flexibility index (Phi) is 5.55. The molecule has 0 saturated heterocycles. The van der Waals surface area contributed by atoms with Crippen molar-refractivity contribution in [2.75, 3.05) is 5.43 Å². The number of aromatic nitrogens is 4. The molecule has 2 aromatic heterocycles. The van der Waals surface area contributed by atoms with Crippen molar-refractivity contribution in [1.82, 2.24) is 19.1 Å². The van der Waals surface area contributed by atoms with Crippen molar-refractivity contribution in [2.45, 2.75) is 26.5 Å². The van der Waals surface area contributed by atoms with E-state index in [0.29, 0.717) is 5.71 Å². The van der Waals surface area contributed by atoms with Crippen LogP contribution in [0.5, 0.6) is 0 Å². The Hall–Kier alpha value is -3.46. The van der Waals surface area contributed by atoms with E-state index in [9.17, 15) is 14.7 Å². The molecule has 3 aromatic rings. The van der Waals surface area contributed by atoms with Gasteiger partial charge in [0.05, 0.1) is 18.4 Å². The zero-order chi connectivity index (χ0) is 20.3. The van der Waals surface area contributed by atoms with Crippen molar-refractivity contribution >= 4 is 28.9 Å². The molecule has 0 saturated carbocycles. The number of fused-ring (bicyclic) bond motifs is 1. The molecular weight excluding hydrogens is 360 g/mol. The lowest BCUT2D eigenvalue weighted by Gasteiger charge is -2.10. The Labute approximate surface area is 160 Å². The highest BCUT2D eigenvalue weighted by molar-refractivity contribution is 5.96. The van der Waals surface area contributed by atoms with Crippen molar-refractivity contribution in [3.8, 4) is 0 Å². The second kappa shape index (κ2) is 8.05. The van der Waals surface area contributed by atoms with E-state index in [1.54, 1.807) is 6.92 Å². The van der Waals surface area contributed by atoms with Crippen LogP contribution in [0.25, 0.3) is 17.2 Å². The van der Waals surface area contributed by atoms with Crippen LogP contribution in [0, 0.1) is 0 Å². The maximum absolute atomic E-state index is 12.3. The monoisotopic (exact) mass is 382 g/mol. The van der Waals surface area contributed by atoms with Crippen molar-refractivity contribution < 1.29 is 5.11 Å². The zero-order valence-corrected chi connectivity index (χ0v) is 15.9. The Bertz CT molecular complexity index is 1150. The van der Waals surface area contributed by atoms with Crippen molar-refractivity contribution in [2.24, 2.45) is 12.1 Å². The third-order valence-electron chi connectivity index (χ3n) is 4.10. The van der Waals surface area contributed by atoms with Crippen LogP contribution in [0.1, 0.15) is 19.4 Å². The molecule has 0 bridgehead atoms. The molecule has 0 aliphatic carbocycles. The van der Waals surface area contributed by atoms with E-state index in [4.69, 9.17) is 0 Å². The normalized spacial score (nSPS) is 13.4. The molecule has 0 radical (unpaired) electrons. The van der Waals surface area contributed by atoms with Crippen LogP contribution in [0.2, 0.25) is 0 Å². The molecule has 0 amide bonds.